The molecule has 0 atom stereocenters. The van der Waals surface area contributed by atoms with Crippen molar-refractivity contribution < 1.29 is 4.74 Å². The summed E-state index contributed by atoms with van der Waals surface area (Å²) in [7, 11) is 0. The Hall–Kier alpha value is -0.810. The Morgan fingerprint density at radius 2 is 2.00 bits per heavy atom. The van der Waals surface area contributed by atoms with Gasteiger partial charge < -0.3 is 15.0 Å². The molecule has 116 valence electrons. The van der Waals surface area contributed by atoms with Crippen LogP contribution < -0.4 is 5.32 Å². The van der Waals surface area contributed by atoms with Crippen LogP contribution in [0.25, 0.3) is 0 Å². The minimum absolute atomic E-state index is 0.417. The van der Waals surface area contributed by atoms with Crippen molar-refractivity contribution in [2.45, 2.75) is 27.2 Å². The van der Waals surface area contributed by atoms with E-state index in [1.807, 2.05) is 0 Å². The van der Waals surface area contributed by atoms with E-state index in [9.17, 15) is 0 Å². The van der Waals surface area contributed by atoms with E-state index < -0.39 is 0 Å². The van der Waals surface area contributed by atoms with Crippen molar-refractivity contribution in [3.8, 4) is 0 Å². The molecule has 5 heteroatoms. The predicted octanol–water partition coefficient (Wildman–Crippen LogP) is 1.02. The molecule has 2 aliphatic heterocycles. The molecule has 0 aromatic heterocycles. The van der Waals surface area contributed by atoms with E-state index in [4.69, 9.17) is 9.73 Å². The Bertz CT molecular complexity index is 324. The number of rotatable bonds is 4. The summed E-state index contributed by atoms with van der Waals surface area (Å²) in [6.45, 7) is 15.7. The van der Waals surface area contributed by atoms with Crippen LogP contribution in [-0.2, 0) is 4.74 Å². The van der Waals surface area contributed by atoms with Gasteiger partial charge in [-0.25, -0.2) is 0 Å². The van der Waals surface area contributed by atoms with Crippen molar-refractivity contribution in [1.82, 2.24) is 15.1 Å². The molecule has 0 spiro atoms. The number of likely N-dealkylation sites (tertiary alicyclic amines) is 1. The van der Waals surface area contributed by atoms with E-state index in [0.717, 1.165) is 65.0 Å². The molecule has 0 aliphatic carbocycles. The summed E-state index contributed by atoms with van der Waals surface area (Å²) in [4.78, 5) is 9.64. The van der Waals surface area contributed by atoms with Gasteiger partial charge in [-0.2, -0.15) is 0 Å². The van der Waals surface area contributed by atoms with E-state index in [2.05, 4.69) is 35.9 Å². The van der Waals surface area contributed by atoms with Gasteiger partial charge in [0.25, 0.3) is 0 Å². The molecule has 1 N–H and O–H groups in total. The van der Waals surface area contributed by atoms with Gasteiger partial charge in [-0.05, 0) is 18.8 Å². The van der Waals surface area contributed by atoms with Gasteiger partial charge in [-0.1, -0.05) is 13.8 Å². The fourth-order valence-corrected chi connectivity index (χ4v) is 2.84. The van der Waals surface area contributed by atoms with Crippen molar-refractivity contribution in [2.75, 3.05) is 59.0 Å². The standard InChI is InChI=1S/C15H30N4O/c1-4-16-14(19-7-5-15(2,3)13-19)17-6-8-18-9-11-20-12-10-18/h4-13H2,1-3H3,(H,16,17). The zero-order valence-corrected chi connectivity index (χ0v) is 13.3. The van der Waals surface area contributed by atoms with Crippen LogP contribution in [0.1, 0.15) is 27.2 Å². The number of ether oxygens (including phenoxy) is 1. The molecule has 0 aromatic carbocycles. The summed E-state index contributed by atoms with van der Waals surface area (Å²) in [6.07, 6.45) is 1.25. The highest BCUT2D eigenvalue weighted by atomic mass is 16.5. The van der Waals surface area contributed by atoms with Gasteiger partial charge in [0, 0.05) is 39.3 Å². The third-order valence-electron chi connectivity index (χ3n) is 4.09. The lowest BCUT2D eigenvalue weighted by molar-refractivity contribution is 0.0394. The average Bonchev–Trinajstić information content (AvgIpc) is 2.79. The Balaban J connectivity index is 1.82. The first-order valence-corrected chi connectivity index (χ1v) is 7.94. The first-order valence-electron chi connectivity index (χ1n) is 7.94. The highest BCUT2D eigenvalue weighted by Crippen LogP contribution is 2.28. The van der Waals surface area contributed by atoms with E-state index in [-0.39, 0.29) is 0 Å². The van der Waals surface area contributed by atoms with Gasteiger partial charge in [0.05, 0.1) is 19.8 Å². The number of hydrogen-bond donors (Lipinski definition) is 1. The molecule has 2 fully saturated rings. The zero-order chi connectivity index (χ0) is 14.4. The molecular formula is C15H30N4O. The SMILES string of the molecule is CCNC(=NCCN1CCOCC1)N1CCC(C)(C)C1. The van der Waals surface area contributed by atoms with Gasteiger partial charge in [-0.3, -0.25) is 9.89 Å². The molecular weight excluding hydrogens is 252 g/mol. The first kappa shape index (κ1) is 15.6. The third-order valence-corrected chi connectivity index (χ3v) is 4.09. The van der Waals surface area contributed by atoms with Crippen molar-refractivity contribution in [1.29, 1.82) is 0 Å². The molecule has 0 radical (unpaired) electrons. The van der Waals surface area contributed by atoms with Crippen LogP contribution >= 0.6 is 0 Å². The van der Waals surface area contributed by atoms with Gasteiger partial charge in [0.15, 0.2) is 5.96 Å². The fraction of sp³-hybridized carbons (Fsp3) is 0.933. The van der Waals surface area contributed by atoms with Crippen molar-refractivity contribution in [2.24, 2.45) is 10.4 Å². The van der Waals surface area contributed by atoms with Gasteiger partial charge in [-0.15, -0.1) is 0 Å². The summed E-state index contributed by atoms with van der Waals surface area (Å²) < 4.78 is 5.37. The summed E-state index contributed by atoms with van der Waals surface area (Å²) in [5.74, 6) is 1.09. The normalized spacial score (nSPS) is 24.1. The molecule has 20 heavy (non-hydrogen) atoms. The van der Waals surface area contributed by atoms with Crippen LogP contribution in [0.3, 0.4) is 0 Å². The Labute approximate surface area is 123 Å². The first-order chi connectivity index (χ1) is 9.61. The molecule has 2 aliphatic rings. The topological polar surface area (TPSA) is 40.1 Å². The van der Waals surface area contributed by atoms with Gasteiger partial charge in [0.1, 0.15) is 0 Å². The van der Waals surface area contributed by atoms with Crippen LogP contribution in [0.2, 0.25) is 0 Å². The van der Waals surface area contributed by atoms with Crippen molar-refractivity contribution in [3.05, 3.63) is 0 Å². The number of hydrogen-bond acceptors (Lipinski definition) is 3. The minimum atomic E-state index is 0.417. The molecule has 0 bridgehead atoms. The monoisotopic (exact) mass is 282 g/mol. The largest absolute Gasteiger partial charge is 0.379 e. The zero-order valence-electron chi connectivity index (χ0n) is 13.3. The van der Waals surface area contributed by atoms with Gasteiger partial charge in [0.2, 0.25) is 0 Å². The molecule has 0 amide bonds. The highest BCUT2D eigenvalue weighted by Gasteiger charge is 2.30. The van der Waals surface area contributed by atoms with E-state index >= 15 is 0 Å². The summed E-state index contributed by atoms with van der Waals surface area (Å²) in [6, 6.07) is 0. The maximum absolute atomic E-state index is 5.37. The highest BCUT2D eigenvalue weighted by molar-refractivity contribution is 5.80. The fourth-order valence-electron chi connectivity index (χ4n) is 2.84. The van der Waals surface area contributed by atoms with Crippen LogP contribution in [-0.4, -0.2) is 74.8 Å². The molecule has 2 rings (SSSR count). The number of guanidine groups is 1. The van der Waals surface area contributed by atoms with Crippen LogP contribution in [0.5, 0.6) is 0 Å². The quantitative estimate of drug-likeness (QED) is 0.617. The summed E-state index contributed by atoms with van der Waals surface area (Å²) >= 11 is 0. The molecule has 0 unspecified atom stereocenters. The lowest BCUT2D eigenvalue weighted by Crippen LogP contribution is -2.42. The van der Waals surface area contributed by atoms with Crippen LogP contribution in [0, 0.1) is 5.41 Å². The number of morpholine rings is 1. The number of nitrogens with one attached hydrogen (secondary N) is 1. The second-order valence-corrected chi connectivity index (χ2v) is 6.53. The van der Waals surface area contributed by atoms with E-state index in [0.29, 0.717) is 5.41 Å². The Kier molecular flexibility index (Phi) is 5.66. The second-order valence-electron chi connectivity index (χ2n) is 6.53. The van der Waals surface area contributed by atoms with Crippen molar-refractivity contribution in [3.63, 3.8) is 0 Å². The Morgan fingerprint density at radius 1 is 1.25 bits per heavy atom. The third kappa shape index (κ3) is 4.63. The Morgan fingerprint density at radius 3 is 2.60 bits per heavy atom. The van der Waals surface area contributed by atoms with Crippen LogP contribution in [0.15, 0.2) is 4.99 Å². The lowest BCUT2D eigenvalue weighted by Gasteiger charge is -2.27. The molecule has 2 heterocycles. The molecule has 0 aromatic rings. The lowest BCUT2D eigenvalue weighted by atomic mass is 9.93. The number of nitrogens with zero attached hydrogens (tertiary/aromatic N) is 3. The molecule has 2 saturated heterocycles. The molecule has 5 nitrogen and oxygen atoms in total. The van der Waals surface area contributed by atoms with Gasteiger partial charge >= 0.3 is 0 Å². The van der Waals surface area contributed by atoms with Crippen molar-refractivity contribution >= 4 is 5.96 Å². The number of aliphatic imine (C=N–C) groups is 1. The minimum Gasteiger partial charge on any atom is -0.379 e. The van der Waals surface area contributed by atoms with E-state index in [1.165, 1.54) is 6.42 Å². The van der Waals surface area contributed by atoms with Crippen LogP contribution in [0.4, 0.5) is 0 Å². The molecule has 0 saturated carbocycles. The predicted molar refractivity (Wildman–Crippen MR) is 83.2 cm³/mol. The maximum Gasteiger partial charge on any atom is 0.193 e. The maximum atomic E-state index is 5.37. The average molecular weight is 282 g/mol. The second kappa shape index (κ2) is 7.27. The smallest absolute Gasteiger partial charge is 0.193 e. The van der Waals surface area contributed by atoms with E-state index in [1.54, 1.807) is 0 Å². The summed E-state index contributed by atoms with van der Waals surface area (Å²) in [5, 5.41) is 3.43. The summed E-state index contributed by atoms with van der Waals surface area (Å²) in [5.41, 5.74) is 0.417.